The van der Waals surface area contributed by atoms with Gasteiger partial charge in [-0.3, -0.25) is 23.7 Å². The Kier molecular flexibility index (Phi) is 13.8. The van der Waals surface area contributed by atoms with Gasteiger partial charge in [0, 0.05) is 34.0 Å². The first kappa shape index (κ1) is 45.9. The summed E-state index contributed by atoms with van der Waals surface area (Å²) in [6, 6.07) is 17.8. The molecule has 0 bridgehead atoms. The van der Waals surface area contributed by atoms with Crippen LogP contribution in [0.15, 0.2) is 78.9 Å². The Morgan fingerprint density at radius 3 is 2.44 bits per heavy atom. The minimum absolute atomic E-state index is 0.0696. The van der Waals surface area contributed by atoms with E-state index in [4.69, 9.17) is 22.2 Å². The van der Waals surface area contributed by atoms with Gasteiger partial charge < -0.3 is 24.5 Å². The second-order valence-electron chi connectivity index (χ2n) is 17.1. The van der Waals surface area contributed by atoms with Crippen molar-refractivity contribution in [1.82, 2.24) is 15.1 Å². The van der Waals surface area contributed by atoms with Gasteiger partial charge in [-0.25, -0.2) is 16.0 Å². The maximum atomic E-state index is 16.6. The quantitative estimate of drug-likeness (QED) is 0.0845. The van der Waals surface area contributed by atoms with Crippen molar-refractivity contribution >= 4 is 69.3 Å². The van der Waals surface area contributed by atoms with E-state index in [0.717, 1.165) is 53.6 Å². The largest absolute Gasteiger partial charge is 0.453 e. The number of nitrogens with zero attached hydrogens (tertiary/aromatic N) is 4. The Morgan fingerprint density at radius 1 is 0.952 bits per heavy atom. The molecule has 3 amide bonds. The number of carbonyl (C=O) groups is 4. The molecule has 1 N–H and O–H groups in total. The first-order valence-corrected chi connectivity index (χ1v) is 24.2. The van der Waals surface area contributed by atoms with Gasteiger partial charge in [-0.05, 0) is 67.0 Å². The second-order valence-corrected chi connectivity index (χ2v) is 21.2. The number of amides is 3. The van der Waals surface area contributed by atoms with Gasteiger partial charge in [0.1, 0.15) is 17.8 Å². The maximum Gasteiger partial charge on any atom is 0.453 e. The van der Waals surface area contributed by atoms with Crippen LogP contribution >= 0.6 is 30.7 Å². The molecule has 12 nitrogen and oxygen atoms in total. The molecule has 3 saturated heterocycles. The second kappa shape index (κ2) is 18.9. The van der Waals surface area contributed by atoms with Crippen molar-refractivity contribution in [2.75, 3.05) is 25.4 Å². The highest BCUT2D eigenvalue weighted by molar-refractivity contribution is 8.13. The number of thioether (sulfide) groups is 1. The molecule has 17 heteroatoms. The Labute approximate surface area is 373 Å². The molecule has 3 aliphatic heterocycles. The van der Waals surface area contributed by atoms with Crippen molar-refractivity contribution in [3.8, 4) is 5.75 Å². The molecular formula is C46H48F2N5O7PS2. The van der Waals surface area contributed by atoms with E-state index in [9.17, 15) is 23.7 Å². The highest BCUT2D eigenvalue weighted by Crippen LogP contribution is 2.66. The molecule has 3 aliphatic rings. The van der Waals surface area contributed by atoms with Crippen LogP contribution in [0.3, 0.4) is 0 Å². The molecule has 0 aliphatic carbocycles. The zero-order valence-corrected chi connectivity index (χ0v) is 37.7. The number of likely N-dealkylation sites (tertiary alicyclic amines) is 1. The monoisotopic (exact) mass is 915 g/mol. The molecule has 6 atom stereocenters. The first-order chi connectivity index (χ1) is 30.0. The van der Waals surface area contributed by atoms with Crippen LogP contribution in [0.5, 0.6) is 5.75 Å². The van der Waals surface area contributed by atoms with Crippen molar-refractivity contribution in [2.24, 2.45) is 5.41 Å². The molecule has 0 saturated carbocycles. The molecule has 1 aromatic heterocycles. The molecule has 4 heterocycles. The number of alkyl halides is 2. The minimum Gasteiger partial charge on any atom is -0.422 e. The number of rotatable bonds is 12. The molecule has 63 heavy (non-hydrogen) atoms. The third-order valence-corrected chi connectivity index (χ3v) is 16.0. The Balaban J connectivity index is 1.08. The summed E-state index contributed by atoms with van der Waals surface area (Å²) in [6.45, 7) is 20.4. The van der Waals surface area contributed by atoms with Gasteiger partial charge in [0.25, 0.3) is 5.91 Å². The fourth-order valence-electron chi connectivity index (χ4n) is 8.40. The predicted octanol–water partition coefficient (Wildman–Crippen LogP) is 10.0. The van der Waals surface area contributed by atoms with Crippen molar-refractivity contribution in [3.05, 3.63) is 118 Å². The van der Waals surface area contributed by atoms with Gasteiger partial charge in [-0.2, -0.15) is 8.78 Å². The fourth-order valence-corrected chi connectivity index (χ4v) is 11.8. The summed E-state index contributed by atoms with van der Waals surface area (Å²) in [5, 5.41) is 2.94. The Morgan fingerprint density at radius 2 is 1.71 bits per heavy atom. The van der Waals surface area contributed by atoms with Crippen molar-refractivity contribution in [2.45, 2.75) is 95.0 Å². The van der Waals surface area contributed by atoms with Gasteiger partial charge in [0.05, 0.1) is 30.5 Å². The summed E-state index contributed by atoms with van der Waals surface area (Å²) in [4.78, 5) is 65.5. The van der Waals surface area contributed by atoms with Crippen LogP contribution in [-0.4, -0.2) is 82.3 Å². The van der Waals surface area contributed by atoms with Crippen LogP contribution in [0.1, 0.15) is 86.0 Å². The standard InChI is InChI=1S/C46H48F2N5O7PS2/c1-45(2,3)44(57)62-23-22-59-61(58,60-34-16-11-14-32(26-34)49-4)46(47,48)31-18-21-39-30(24-31)25-40(63-39)41(54)51-36-17-10-9-15-33-19-20-38(53(33)42(36)55)43(56)52-27-35(37(28-52)50-5)29-12-7-6-8-13-29/h6-8,11-14,16,18,21,24-26,33,35-38H,9-10,15,17,19-20,22-23,27-28H2,1-3H3,(H,51,54)/t33-,35-,36-,37+,38-,61?/m0/s1. The van der Waals surface area contributed by atoms with Crippen molar-refractivity contribution in [1.29, 1.82) is 0 Å². The Hall–Kier alpha value is -5.12. The van der Waals surface area contributed by atoms with E-state index in [1.54, 1.807) is 30.6 Å². The van der Waals surface area contributed by atoms with Crippen LogP contribution in [0, 0.1) is 18.6 Å². The number of hydrogen-bond donors (Lipinski definition) is 1. The van der Waals surface area contributed by atoms with Gasteiger partial charge in [-0.15, -0.1) is 11.3 Å². The summed E-state index contributed by atoms with van der Waals surface area (Å²) in [5.41, 5.74) is -4.56. The third-order valence-electron chi connectivity index (χ3n) is 11.7. The van der Waals surface area contributed by atoms with E-state index in [2.05, 4.69) is 15.0 Å². The number of benzene rings is 3. The van der Waals surface area contributed by atoms with Gasteiger partial charge in [0.2, 0.25) is 17.9 Å². The van der Waals surface area contributed by atoms with E-state index < -0.39 is 54.9 Å². The molecule has 1 unspecified atom stereocenters. The molecule has 3 fully saturated rings. The molecule has 3 aromatic carbocycles. The van der Waals surface area contributed by atoms with Gasteiger partial charge in [0.15, 0.2) is 10.8 Å². The lowest BCUT2D eigenvalue weighted by atomic mass is 9.95. The van der Waals surface area contributed by atoms with E-state index in [1.807, 2.05) is 30.3 Å². The van der Waals surface area contributed by atoms with Crippen molar-refractivity contribution in [3.63, 3.8) is 0 Å². The zero-order chi connectivity index (χ0) is 45.1. The normalized spacial score (nSPS) is 22.6. The molecular weight excluding hydrogens is 868 g/mol. The summed E-state index contributed by atoms with van der Waals surface area (Å²) in [7, 11) is -5.40. The van der Waals surface area contributed by atoms with Crippen LogP contribution in [0.4, 0.5) is 14.5 Å². The number of thiophene rings is 1. The average molecular weight is 916 g/mol. The van der Waals surface area contributed by atoms with Crippen LogP contribution in [0.25, 0.3) is 19.8 Å². The van der Waals surface area contributed by atoms with Crippen LogP contribution < -0.4 is 9.84 Å². The number of halogens is 2. The minimum atomic E-state index is -5.40. The topological polar surface area (TPSA) is 131 Å². The number of hydrogen-bond acceptors (Lipinski definition) is 9. The van der Waals surface area contributed by atoms with Crippen LogP contribution in [0.2, 0.25) is 0 Å². The van der Waals surface area contributed by atoms with Crippen molar-refractivity contribution < 1.29 is 41.6 Å². The first-order valence-electron chi connectivity index (χ1n) is 20.9. The van der Waals surface area contributed by atoms with Gasteiger partial charge >= 0.3 is 13.3 Å². The SMILES string of the molecule is [C-]#[N+]c1cccc(OP(=O)(OCCSC(=O)C(C)(C)C)C(F)(F)c2ccc3sc(C(=O)N[C@H]4CCCC[C@H]5CC[C@@H](C(=O)N6C[C@@H]([N+]#[C-])[C@H](c7ccccc7)C6)N5C4=O)cc3c2)c1. The third kappa shape index (κ3) is 9.85. The summed E-state index contributed by atoms with van der Waals surface area (Å²) < 4.78 is 58.7. The highest BCUT2D eigenvalue weighted by Gasteiger charge is 2.57. The summed E-state index contributed by atoms with van der Waals surface area (Å²) in [6.07, 6.45) is 3.72. The lowest BCUT2D eigenvalue weighted by Gasteiger charge is -2.36. The maximum absolute atomic E-state index is 16.6. The number of carbonyl (C=O) groups excluding carboxylic acids is 4. The fraction of sp³-hybridized carbons (Fsp3) is 0.435. The number of nitrogens with one attached hydrogen (secondary N) is 1. The summed E-state index contributed by atoms with van der Waals surface area (Å²) >= 11 is 1.91. The molecule has 4 aromatic rings. The lowest BCUT2D eigenvalue weighted by Crippen LogP contribution is -2.56. The van der Waals surface area contributed by atoms with Crippen LogP contribution in [-0.2, 0) is 29.1 Å². The van der Waals surface area contributed by atoms with E-state index in [-0.39, 0.29) is 62.9 Å². The van der Waals surface area contributed by atoms with Gasteiger partial charge in [-0.1, -0.05) is 93.9 Å². The Bertz CT molecular complexity index is 2520. The smallest absolute Gasteiger partial charge is 0.422 e. The average Bonchev–Trinajstić information content (AvgIpc) is 4.02. The van der Waals surface area contributed by atoms with E-state index in [1.165, 1.54) is 36.4 Å². The predicted molar refractivity (Wildman–Crippen MR) is 239 cm³/mol. The van der Waals surface area contributed by atoms with E-state index >= 15 is 8.78 Å². The molecule has 330 valence electrons. The zero-order valence-electron chi connectivity index (χ0n) is 35.1. The van der Waals surface area contributed by atoms with E-state index in [0.29, 0.717) is 36.9 Å². The summed E-state index contributed by atoms with van der Waals surface area (Å²) in [5.74, 6) is -1.57. The molecule has 0 spiro atoms. The molecule has 7 rings (SSSR count). The highest BCUT2D eigenvalue weighted by atomic mass is 32.2. The molecule has 0 radical (unpaired) electrons. The lowest BCUT2D eigenvalue weighted by molar-refractivity contribution is -0.146. The number of fused-ring (bicyclic) bond motifs is 2.